The van der Waals surface area contributed by atoms with Gasteiger partial charge in [-0.2, -0.15) is 0 Å². The van der Waals surface area contributed by atoms with Gasteiger partial charge < -0.3 is 20.1 Å². The number of esters is 1. The number of benzene rings is 2. The predicted molar refractivity (Wildman–Crippen MR) is 102 cm³/mol. The monoisotopic (exact) mass is 385 g/mol. The highest BCUT2D eigenvalue weighted by molar-refractivity contribution is 6.05. The number of nitro groups is 1. The summed E-state index contributed by atoms with van der Waals surface area (Å²) >= 11 is 0. The SMILES string of the molecule is COC(=O)COc1cccc(NC(=O)c2ccc(NC3CC3)c([N+](=O)[O-])c2)c1. The molecule has 9 heteroatoms. The molecule has 2 aromatic rings. The second kappa shape index (κ2) is 8.38. The van der Waals surface area contributed by atoms with Gasteiger partial charge in [0.25, 0.3) is 11.6 Å². The van der Waals surface area contributed by atoms with Crippen LogP contribution in [-0.4, -0.2) is 36.6 Å². The lowest BCUT2D eigenvalue weighted by Gasteiger charge is -2.10. The molecule has 1 saturated carbocycles. The third-order valence-electron chi connectivity index (χ3n) is 4.07. The van der Waals surface area contributed by atoms with Crippen molar-refractivity contribution in [2.75, 3.05) is 24.4 Å². The molecule has 1 amide bonds. The Morgan fingerprint density at radius 2 is 2.00 bits per heavy atom. The van der Waals surface area contributed by atoms with E-state index in [0.29, 0.717) is 17.1 Å². The van der Waals surface area contributed by atoms with Crippen molar-refractivity contribution in [2.24, 2.45) is 0 Å². The molecule has 2 aromatic carbocycles. The minimum absolute atomic E-state index is 0.144. The van der Waals surface area contributed by atoms with E-state index in [0.717, 1.165) is 12.8 Å². The lowest BCUT2D eigenvalue weighted by Crippen LogP contribution is -2.14. The Hall–Kier alpha value is -3.62. The molecule has 0 heterocycles. The van der Waals surface area contributed by atoms with E-state index in [4.69, 9.17) is 4.74 Å². The van der Waals surface area contributed by atoms with Gasteiger partial charge in [-0.15, -0.1) is 0 Å². The molecular weight excluding hydrogens is 366 g/mol. The van der Waals surface area contributed by atoms with Crippen LogP contribution < -0.4 is 15.4 Å². The number of anilines is 2. The highest BCUT2D eigenvalue weighted by atomic mass is 16.6. The van der Waals surface area contributed by atoms with Crippen LogP contribution in [0.1, 0.15) is 23.2 Å². The summed E-state index contributed by atoms with van der Waals surface area (Å²) in [5.41, 5.74) is 0.848. The van der Waals surface area contributed by atoms with Gasteiger partial charge in [-0.1, -0.05) is 6.07 Å². The van der Waals surface area contributed by atoms with Crippen LogP contribution in [0.2, 0.25) is 0 Å². The summed E-state index contributed by atoms with van der Waals surface area (Å²) in [6.45, 7) is -0.254. The van der Waals surface area contributed by atoms with Crippen LogP contribution >= 0.6 is 0 Å². The maximum atomic E-state index is 12.5. The molecule has 0 atom stereocenters. The second-order valence-electron chi connectivity index (χ2n) is 6.25. The highest BCUT2D eigenvalue weighted by Crippen LogP contribution is 2.31. The molecule has 1 aliphatic carbocycles. The van der Waals surface area contributed by atoms with Crippen LogP contribution in [0, 0.1) is 10.1 Å². The molecule has 0 unspecified atom stereocenters. The number of ether oxygens (including phenoxy) is 2. The Morgan fingerprint density at radius 1 is 1.21 bits per heavy atom. The number of nitrogens with one attached hydrogen (secondary N) is 2. The van der Waals surface area contributed by atoms with E-state index in [9.17, 15) is 19.7 Å². The summed E-state index contributed by atoms with van der Waals surface area (Å²) in [5.74, 6) is -0.647. The van der Waals surface area contributed by atoms with Crippen molar-refractivity contribution in [3.63, 3.8) is 0 Å². The van der Waals surface area contributed by atoms with Gasteiger partial charge in [0.05, 0.1) is 12.0 Å². The van der Waals surface area contributed by atoms with Crippen molar-refractivity contribution in [3.05, 3.63) is 58.1 Å². The normalized spacial score (nSPS) is 12.8. The van der Waals surface area contributed by atoms with Crippen LogP contribution in [0.3, 0.4) is 0 Å². The zero-order valence-electron chi connectivity index (χ0n) is 15.1. The van der Waals surface area contributed by atoms with Gasteiger partial charge in [0.15, 0.2) is 6.61 Å². The van der Waals surface area contributed by atoms with Gasteiger partial charge in [0.2, 0.25) is 0 Å². The fourth-order valence-electron chi connectivity index (χ4n) is 2.46. The van der Waals surface area contributed by atoms with Crippen LogP contribution in [0.15, 0.2) is 42.5 Å². The Labute approximate surface area is 160 Å². The first-order valence-electron chi connectivity index (χ1n) is 8.62. The molecule has 0 aliphatic heterocycles. The highest BCUT2D eigenvalue weighted by Gasteiger charge is 2.25. The van der Waals surface area contributed by atoms with E-state index >= 15 is 0 Å². The smallest absolute Gasteiger partial charge is 0.343 e. The molecule has 0 spiro atoms. The molecule has 28 heavy (non-hydrogen) atoms. The quantitative estimate of drug-likeness (QED) is 0.407. The van der Waals surface area contributed by atoms with E-state index in [1.54, 1.807) is 24.3 Å². The number of hydrogen-bond donors (Lipinski definition) is 2. The largest absolute Gasteiger partial charge is 0.482 e. The van der Waals surface area contributed by atoms with Crippen LogP contribution in [0.5, 0.6) is 5.75 Å². The van der Waals surface area contributed by atoms with Crippen molar-refractivity contribution in [2.45, 2.75) is 18.9 Å². The van der Waals surface area contributed by atoms with E-state index in [2.05, 4.69) is 15.4 Å². The molecule has 146 valence electrons. The third-order valence-corrected chi connectivity index (χ3v) is 4.07. The number of amides is 1. The number of nitrogens with zero attached hydrogens (tertiary/aromatic N) is 1. The van der Waals surface area contributed by atoms with Gasteiger partial charge in [-0.3, -0.25) is 14.9 Å². The minimum Gasteiger partial charge on any atom is -0.482 e. The molecule has 2 N–H and O–H groups in total. The number of methoxy groups -OCH3 is 1. The number of carbonyl (C=O) groups excluding carboxylic acids is 2. The topological polar surface area (TPSA) is 120 Å². The van der Waals surface area contributed by atoms with E-state index in [1.807, 2.05) is 0 Å². The first-order chi connectivity index (χ1) is 13.5. The van der Waals surface area contributed by atoms with Gasteiger partial charge in [-0.25, -0.2) is 4.79 Å². The molecule has 0 saturated heterocycles. The third kappa shape index (κ3) is 4.97. The second-order valence-corrected chi connectivity index (χ2v) is 6.25. The number of carbonyl (C=O) groups is 2. The van der Waals surface area contributed by atoms with Crippen LogP contribution in [0.25, 0.3) is 0 Å². The molecule has 1 aliphatic rings. The molecule has 0 radical (unpaired) electrons. The average Bonchev–Trinajstić information content (AvgIpc) is 3.50. The summed E-state index contributed by atoms with van der Waals surface area (Å²) in [6.07, 6.45) is 1.96. The van der Waals surface area contributed by atoms with E-state index in [-0.39, 0.29) is 23.9 Å². The summed E-state index contributed by atoms with van der Waals surface area (Å²) in [6, 6.07) is 11.0. The average molecular weight is 385 g/mol. The Bertz CT molecular complexity index is 910. The zero-order chi connectivity index (χ0) is 20.1. The first-order valence-corrected chi connectivity index (χ1v) is 8.62. The lowest BCUT2D eigenvalue weighted by molar-refractivity contribution is -0.384. The first kappa shape index (κ1) is 19.2. The van der Waals surface area contributed by atoms with Crippen molar-refractivity contribution < 1.29 is 24.0 Å². The van der Waals surface area contributed by atoms with Crippen LogP contribution in [0.4, 0.5) is 17.1 Å². The molecule has 3 rings (SSSR count). The van der Waals surface area contributed by atoms with Crippen molar-refractivity contribution >= 4 is 28.9 Å². The molecule has 0 aromatic heterocycles. The molecule has 0 bridgehead atoms. The maximum Gasteiger partial charge on any atom is 0.343 e. The maximum absolute atomic E-state index is 12.5. The Morgan fingerprint density at radius 3 is 2.68 bits per heavy atom. The fraction of sp³-hybridized carbons (Fsp3) is 0.263. The molecule has 1 fully saturated rings. The number of hydrogen-bond acceptors (Lipinski definition) is 7. The van der Waals surface area contributed by atoms with E-state index < -0.39 is 16.8 Å². The summed E-state index contributed by atoms with van der Waals surface area (Å²) in [5, 5.41) is 17.1. The zero-order valence-corrected chi connectivity index (χ0v) is 15.1. The van der Waals surface area contributed by atoms with Crippen molar-refractivity contribution in [1.82, 2.24) is 0 Å². The van der Waals surface area contributed by atoms with Crippen molar-refractivity contribution in [3.8, 4) is 5.75 Å². The summed E-state index contributed by atoms with van der Waals surface area (Å²) in [4.78, 5) is 34.5. The van der Waals surface area contributed by atoms with Gasteiger partial charge in [0.1, 0.15) is 11.4 Å². The van der Waals surface area contributed by atoms with E-state index in [1.165, 1.54) is 25.3 Å². The summed E-state index contributed by atoms with van der Waals surface area (Å²) in [7, 11) is 1.26. The van der Waals surface area contributed by atoms with Crippen molar-refractivity contribution in [1.29, 1.82) is 0 Å². The Balaban J connectivity index is 1.71. The van der Waals surface area contributed by atoms with Gasteiger partial charge >= 0.3 is 5.97 Å². The summed E-state index contributed by atoms with van der Waals surface area (Å²) < 4.78 is 9.77. The number of nitro benzene ring substituents is 1. The molecular formula is C19H19N3O6. The Kier molecular flexibility index (Phi) is 5.73. The number of rotatable bonds is 8. The molecule has 9 nitrogen and oxygen atoms in total. The minimum atomic E-state index is -0.526. The standard InChI is InChI=1S/C19H19N3O6/c1-27-18(23)11-28-15-4-2-3-14(10-15)21-19(24)12-5-8-16(20-13-6-7-13)17(9-12)22(25)26/h2-5,8-10,13,20H,6-7,11H2,1H3,(H,21,24). The van der Waals surface area contributed by atoms with Gasteiger partial charge in [0, 0.05) is 29.4 Å². The van der Waals surface area contributed by atoms with Gasteiger partial charge in [-0.05, 0) is 37.1 Å². The fourth-order valence-corrected chi connectivity index (χ4v) is 2.46. The predicted octanol–water partition coefficient (Wildman–Crippen LogP) is 2.97. The lowest BCUT2D eigenvalue weighted by atomic mass is 10.1. The van der Waals surface area contributed by atoms with Crippen LogP contribution in [-0.2, 0) is 9.53 Å².